The number of ether oxygens (including phenoxy) is 1. The molecule has 0 unspecified atom stereocenters. The lowest BCUT2D eigenvalue weighted by Gasteiger charge is -2.23. The molecule has 0 bridgehead atoms. The summed E-state index contributed by atoms with van der Waals surface area (Å²) in [7, 11) is 0. The van der Waals surface area contributed by atoms with Crippen molar-refractivity contribution in [2.45, 2.75) is 32.9 Å². The van der Waals surface area contributed by atoms with Crippen molar-refractivity contribution in [1.82, 2.24) is 30.6 Å². The van der Waals surface area contributed by atoms with E-state index in [1.807, 2.05) is 20.8 Å². The minimum absolute atomic E-state index is 0.0418. The Bertz CT molecular complexity index is 674. The number of hydrogen-bond acceptors (Lipinski definition) is 8. The number of anilines is 2. The molecule has 10 nitrogen and oxygen atoms in total. The van der Waals surface area contributed by atoms with Gasteiger partial charge < -0.3 is 10.1 Å². The molecule has 3 heterocycles. The van der Waals surface area contributed by atoms with Crippen LogP contribution in [-0.2, 0) is 4.74 Å². The fourth-order valence-electron chi connectivity index (χ4n) is 2.35. The molecule has 3 rings (SSSR count). The third kappa shape index (κ3) is 3.05. The van der Waals surface area contributed by atoms with Crippen molar-refractivity contribution in [3.8, 4) is 0 Å². The first kappa shape index (κ1) is 15.1. The van der Waals surface area contributed by atoms with Crippen LogP contribution in [0.25, 0.3) is 0 Å². The second-order valence-corrected chi connectivity index (χ2v) is 5.63. The van der Waals surface area contributed by atoms with Crippen molar-refractivity contribution in [2.75, 3.05) is 16.8 Å². The summed E-state index contributed by atoms with van der Waals surface area (Å²) < 4.78 is 5.15. The topological polar surface area (TPSA) is 122 Å². The molecule has 2 aromatic heterocycles. The van der Waals surface area contributed by atoms with Gasteiger partial charge in [-0.3, -0.25) is 4.90 Å². The van der Waals surface area contributed by atoms with E-state index in [4.69, 9.17) is 4.74 Å². The van der Waals surface area contributed by atoms with Crippen molar-refractivity contribution < 1.29 is 9.53 Å². The Hall–Kier alpha value is -2.78. The maximum atomic E-state index is 12.0. The Morgan fingerprint density at radius 3 is 2.96 bits per heavy atom. The number of nitrogens with zero attached hydrogens (tertiary/aromatic N) is 6. The summed E-state index contributed by atoms with van der Waals surface area (Å²) in [6, 6.07) is 1.42. The highest BCUT2D eigenvalue weighted by Gasteiger charge is 2.37. The highest BCUT2D eigenvalue weighted by molar-refractivity contribution is 5.89. The summed E-state index contributed by atoms with van der Waals surface area (Å²) in [5, 5.41) is 16.8. The lowest BCUT2D eigenvalue weighted by Crippen LogP contribution is -2.37. The predicted molar refractivity (Wildman–Crippen MR) is 80.7 cm³/mol. The van der Waals surface area contributed by atoms with E-state index in [9.17, 15) is 4.79 Å². The summed E-state index contributed by atoms with van der Waals surface area (Å²) >= 11 is 0. The van der Waals surface area contributed by atoms with Gasteiger partial charge in [-0.25, -0.2) is 9.78 Å². The summed E-state index contributed by atoms with van der Waals surface area (Å²) in [6.07, 6.45) is 1.20. The van der Waals surface area contributed by atoms with Gasteiger partial charge in [-0.05, 0) is 18.9 Å². The third-order valence-corrected chi connectivity index (χ3v) is 3.66. The zero-order chi connectivity index (χ0) is 16.4. The first-order chi connectivity index (χ1) is 11.1. The number of amides is 1. The molecule has 2 N–H and O–H groups in total. The van der Waals surface area contributed by atoms with E-state index < -0.39 is 0 Å². The molecule has 1 fully saturated rings. The molecular formula is C13H18N8O2. The number of carbonyl (C=O) groups is 1. The van der Waals surface area contributed by atoms with Crippen LogP contribution in [0.4, 0.5) is 16.6 Å². The Kier molecular flexibility index (Phi) is 4.04. The molecule has 10 heteroatoms. The van der Waals surface area contributed by atoms with Crippen molar-refractivity contribution in [3.05, 3.63) is 18.1 Å². The van der Waals surface area contributed by atoms with Crippen LogP contribution in [-0.4, -0.2) is 49.3 Å². The van der Waals surface area contributed by atoms with E-state index in [1.165, 1.54) is 0 Å². The fraction of sp³-hybridized carbons (Fsp3) is 0.538. The van der Waals surface area contributed by atoms with Crippen LogP contribution in [0.2, 0.25) is 0 Å². The van der Waals surface area contributed by atoms with E-state index in [0.29, 0.717) is 24.2 Å². The maximum absolute atomic E-state index is 12.0. The number of aromatic nitrogens is 6. The van der Waals surface area contributed by atoms with Crippen LogP contribution in [0.5, 0.6) is 0 Å². The molecule has 1 saturated heterocycles. The molecule has 0 radical (unpaired) electrons. The Morgan fingerprint density at radius 1 is 1.43 bits per heavy atom. The molecule has 0 aromatic carbocycles. The number of carbonyl (C=O) groups excluding carboxylic acids is 1. The van der Waals surface area contributed by atoms with Crippen LogP contribution in [0.15, 0.2) is 12.3 Å². The van der Waals surface area contributed by atoms with Gasteiger partial charge >= 0.3 is 6.09 Å². The molecule has 1 aliphatic rings. The molecule has 23 heavy (non-hydrogen) atoms. The zero-order valence-electron chi connectivity index (χ0n) is 13.1. The van der Waals surface area contributed by atoms with Crippen LogP contribution in [0, 0.1) is 5.92 Å². The standard InChI is InChI=1S/C13H18N8O2/c1-7(2)9-6-23-13(22)21(9)10-4-5-14-12(16-10)15-8(3)11-17-19-20-18-11/h4-5,7-9H,6H2,1-3H3,(H,14,15,16)(H,17,18,19,20)/t8-,9+/m0/s1. The fourth-order valence-corrected chi connectivity index (χ4v) is 2.35. The third-order valence-electron chi connectivity index (χ3n) is 3.66. The van der Waals surface area contributed by atoms with Crippen LogP contribution < -0.4 is 10.2 Å². The van der Waals surface area contributed by atoms with Crippen molar-refractivity contribution in [3.63, 3.8) is 0 Å². The quantitative estimate of drug-likeness (QED) is 0.841. The van der Waals surface area contributed by atoms with Gasteiger partial charge in [-0.1, -0.05) is 19.1 Å². The second-order valence-electron chi connectivity index (χ2n) is 5.63. The number of tetrazole rings is 1. The molecular weight excluding hydrogens is 300 g/mol. The second kappa shape index (κ2) is 6.15. The molecule has 122 valence electrons. The lowest BCUT2D eigenvalue weighted by molar-refractivity contribution is 0.177. The first-order valence-corrected chi connectivity index (χ1v) is 7.35. The summed E-state index contributed by atoms with van der Waals surface area (Å²) in [5.41, 5.74) is 0. The van der Waals surface area contributed by atoms with Gasteiger partial charge in [0.15, 0.2) is 5.82 Å². The van der Waals surface area contributed by atoms with Gasteiger partial charge in [0.2, 0.25) is 5.95 Å². The zero-order valence-corrected chi connectivity index (χ0v) is 13.1. The average Bonchev–Trinajstić information content (AvgIpc) is 3.16. The van der Waals surface area contributed by atoms with Gasteiger partial charge in [-0.2, -0.15) is 10.2 Å². The molecule has 0 saturated carbocycles. The van der Waals surface area contributed by atoms with Crippen molar-refractivity contribution in [1.29, 1.82) is 0 Å². The largest absolute Gasteiger partial charge is 0.447 e. The van der Waals surface area contributed by atoms with Gasteiger partial charge in [0.05, 0.1) is 12.1 Å². The SMILES string of the molecule is CC(C)[C@H]1COC(=O)N1c1ccnc(N[C@@H](C)c2nn[nH]n2)n1. The minimum atomic E-state index is -0.389. The number of H-pyrrole nitrogens is 1. The van der Waals surface area contributed by atoms with Gasteiger partial charge in [0.25, 0.3) is 0 Å². The van der Waals surface area contributed by atoms with E-state index in [-0.39, 0.29) is 24.1 Å². The van der Waals surface area contributed by atoms with Crippen LogP contribution in [0.3, 0.4) is 0 Å². The van der Waals surface area contributed by atoms with Gasteiger partial charge in [0, 0.05) is 6.20 Å². The van der Waals surface area contributed by atoms with E-state index >= 15 is 0 Å². The number of nitrogens with one attached hydrogen (secondary N) is 2. The number of hydrogen-bond donors (Lipinski definition) is 2. The summed E-state index contributed by atoms with van der Waals surface area (Å²) in [6.45, 7) is 6.31. The highest BCUT2D eigenvalue weighted by Crippen LogP contribution is 2.26. The number of rotatable bonds is 5. The Morgan fingerprint density at radius 2 is 2.26 bits per heavy atom. The van der Waals surface area contributed by atoms with Crippen molar-refractivity contribution in [2.24, 2.45) is 5.92 Å². The molecule has 0 spiro atoms. The smallest absolute Gasteiger partial charge is 0.415 e. The lowest BCUT2D eigenvalue weighted by atomic mass is 10.0. The van der Waals surface area contributed by atoms with Crippen LogP contribution in [0.1, 0.15) is 32.6 Å². The molecule has 2 aromatic rings. The number of cyclic esters (lactones) is 1. The highest BCUT2D eigenvalue weighted by atomic mass is 16.6. The number of aromatic amines is 1. The molecule has 0 aliphatic carbocycles. The molecule has 2 atom stereocenters. The maximum Gasteiger partial charge on any atom is 0.415 e. The summed E-state index contributed by atoms with van der Waals surface area (Å²) in [4.78, 5) is 22.1. The van der Waals surface area contributed by atoms with Crippen molar-refractivity contribution >= 4 is 17.9 Å². The monoisotopic (exact) mass is 318 g/mol. The predicted octanol–water partition coefficient (Wildman–Crippen LogP) is 1.14. The van der Waals surface area contributed by atoms with Crippen LogP contribution >= 0.6 is 0 Å². The first-order valence-electron chi connectivity index (χ1n) is 7.35. The molecule has 1 aliphatic heterocycles. The van der Waals surface area contributed by atoms with E-state index in [0.717, 1.165) is 0 Å². The van der Waals surface area contributed by atoms with E-state index in [1.54, 1.807) is 17.2 Å². The minimum Gasteiger partial charge on any atom is -0.447 e. The van der Waals surface area contributed by atoms with E-state index in [2.05, 4.69) is 35.9 Å². The Balaban J connectivity index is 1.81. The van der Waals surface area contributed by atoms with Gasteiger partial charge in [-0.15, -0.1) is 10.2 Å². The normalized spacial score (nSPS) is 19.0. The average molecular weight is 318 g/mol. The Labute approximate surface area is 132 Å². The summed E-state index contributed by atoms with van der Waals surface area (Å²) in [5.74, 6) is 1.64. The van der Waals surface area contributed by atoms with Gasteiger partial charge in [0.1, 0.15) is 12.4 Å². The molecule has 1 amide bonds.